The number of rotatable bonds is 5. The van der Waals surface area contributed by atoms with Crippen LogP contribution in [0.2, 0.25) is 15.1 Å². The van der Waals surface area contributed by atoms with Crippen LogP contribution in [0, 0.1) is 0 Å². The number of esters is 1. The van der Waals surface area contributed by atoms with Crippen molar-refractivity contribution >= 4 is 63.1 Å². The van der Waals surface area contributed by atoms with Gasteiger partial charge in [0.25, 0.3) is 11.5 Å². The van der Waals surface area contributed by atoms with Gasteiger partial charge in [0.1, 0.15) is 0 Å². The van der Waals surface area contributed by atoms with Gasteiger partial charge in [0.15, 0.2) is 12.3 Å². The number of carbonyl (C=O) groups is 2. The zero-order valence-electron chi connectivity index (χ0n) is 15.9. The van der Waals surface area contributed by atoms with Gasteiger partial charge >= 0.3 is 5.97 Å². The largest absolute Gasteiger partial charge is 0.451 e. The molecule has 7 nitrogen and oxygen atoms in total. The van der Waals surface area contributed by atoms with Gasteiger partial charge in [0.2, 0.25) is 0 Å². The quantitative estimate of drug-likeness (QED) is 0.547. The van der Waals surface area contributed by atoms with E-state index in [9.17, 15) is 14.4 Å². The number of halogens is 3. The number of aromatic nitrogens is 2. The molecule has 1 heterocycles. The average molecular weight is 469 g/mol. The molecule has 0 aliphatic heterocycles. The molecule has 0 bridgehead atoms. The van der Waals surface area contributed by atoms with Crippen LogP contribution in [0.15, 0.2) is 41.2 Å². The molecule has 1 aromatic heterocycles. The summed E-state index contributed by atoms with van der Waals surface area (Å²) in [7, 11) is 0. The highest BCUT2D eigenvalue weighted by atomic mass is 35.5. The van der Waals surface area contributed by atoms with Crippen molar-refractivity contribution in [2.75, 3.05) is 11.9 Å². The van der Waals surface area contributed by atoms with Gasteiger partial charge in [0, 0.05) is 10.4 Å². The van der Waals surface area contributed by atoms with Crippen LogP contribution in [-0.2, 0) is 9.53 Å². The molecule has 0 spiro atoms. The van der Waals surface area contributed by atoms with E-state index < -0.39 is 18.5 Å². The van der Waals surface area contributed by atoms with Crippen LogP contribution >= 0.6 is 34.8 Å². The van der Waals surface area contributed by atoms with Crippen LogP contribution in [0.5, 0.6) is 0 Å². The van der Waals surface area contributed by atoms with E-state index in [4.69, 9.17) is 39.5 Å². The Bertz CT molecular complexity index is 1180. The van der Waals surface area contributed by atoms with E-state index in [-0.39, 0.29) is 33.0 Å². The lowest BCUT2D eigenvalue weighted by Gasteiger charge is -2.13. The van der Waals surface area contributed by atoms with Crippen molar-refractivity contribution in [3.05, 3.63) is 67.5 Å². The number of benzene rings is 2. The zero-order valence-corrected chi connectivity index (χ0v) is 18.2. The van der Waals surface area contributed by atoms with E-state index in [0.717, 1.165) is 0 Å². The summed E-state index contributed by atoms with van der Waals surface area (Å²) in [5.41, 5.74) is -0.225. The third-order valence-corrected chi connectivity index (χ3v) is 4.93. The lowest BCUT2D eigenvalue weighted by atomic mass is 10.1. The first-order chi connectivity index (χ1) is 14.2. The number of fused-ring (bicyclic) bond motifs is 1. The highest BCUT2D eigenvalue weighted by Crippen LogP contribution is 2.33. The van der Waals surface area contributed by atoms with Gasteiger partial charge in [-0.25, -0.2) is 9.48 Å². The lowest BCUT2D eigenvalue weighted by Crippen LogP contribution is -2.28. The average Bonchev–Trinajstić information content (AvgIpc) is 2.69. The Balaban J connectivity index is 1.82. The van der Waals surface area contributed by atoms with Gasteiger partial charge < -0.3 is 10.1 Å². The molecule has 156 valence electrons. The first-order valence-electron chi connectivity index (χ1n) is 8.82. The van der Waals surface area contributed by atoms with Crippen molar-refractivity contribution in [2.24, 2.45) is 0 Å². The monoisotopic (exact) mass is 467 g/mol. The van der Waals surface area contributed by atoms with E-state index in [1.165, 1.54) is 16.8 Å². The molecule has 0 atom stereocenters. The van der Waals surface area contributed by atoms with E-state index in [2.05, 4.69) is 10.4 Å². The summed E-state index contributed by atoms with van der Waals surface area (Å²) in [5.74, 6) is -1.50. The third-order valence-electron chi connectivity index (χ3n) is 4.12. The molecular weight excluding hydrogens is 453 g/mol. The van der Waals surface area contributed by atoms with Crippen LogP contribution < -0.4 is 10.9 Å². The lowest BCUT2D eigenvalue weighted by molar-refractivity contribution is -0.119. The first-order valence-corrected chi connectivity index (χ1v) is 9.95. The van der Waals surface area contributed by atoms with Gasteiger partial charge in [-0.15, -0.1) is 0 Å². The molecule has 30 heavy (non-hydrogen) atoms. The molecule has 0 saturated carbocycles. The molecule has 0 fully saturated rings. The van der Waals surface area contributed by atoms with Crippen LogP contribution in [0.4, 0.5) is 5.69 Å². The normalized spacial score (nSPS) is 11.0. The van der Waals surface area contributed by atoms with Crippen molar-refractivity contribution in [3.8, 4) is 0 Å². The Morgan fingerprint density at radius 2 is 1.70 bits per heavy atom. The van der Waals surface area contributed by atoms with E-state index in [1.807, 2.05) is 0 Å². The van der Waals surface area contributed by atoms with E-state index in [0.29, 0.717) is 15.8 Å². The number of ether oxygens (including phenoxy) is 1. The second kappa shape index (κ2) is 9.04. The van der Waals surface area contributed by atoms with E-state index >= 15 is 0 Å². The van der Waals surface area contributed by atoms with Crippen LogP contribution in [0.3, 0.4) is 0 Å². The molecule has 10 heteroatoms. The topological polar surface area (TPSA) is 90.3 Å². The predicted molar refractivity (Wildman–Crippen MR) is 117 cm³/mol. The third kappa shape index (κ3) is 4.59. The maximum atomic E-state index is 12.6. The number of nitrogens with one attached hydrogen (secondary N) is 1. The summed E-state index contributed by atoms with van der Waals surface area (Å²) in [4.78, 5) is 37.4. The number of amides is 1. The minimum absolute atomic E-state index is 0.0609. The molecule has 0 aliphatic carbocycles. The Morgan fingerprint density at radius 1 is 1.10 bits per heavy atom. The molecule has 1 N–H and O–H groups in total. The Labute approximate surface area is 186 Å². The highest BCUT2D eigenvalue weighted by Gasteiger charge is 2.20. The van der Waals surface area contributed by atoms with Gasteiger partial charge in [-0.2, -0.15) is 5.10 Å². The van der Waals surface area contributed by atoms with Gasteiger partial charge in [0.05, 0.1) is 27.2 Å². The second-order valence-electron chi connectivity index (χ2n) is 6.61. The van der Waals surface area contributed by atoms with Gasteiger partial charge in [-0.1, -0.05) is 53.0 Å². The smallest absolute Gasteiger partial charge is 0.359 e. The maximum absolute atomic E-state index is 12.6. The van der Waals surface area contributed by atoms with Crippen molar-refractivity contribution in [1.82, 2.24) is 9.78 Å². The molecule has 2 aromatic carbocycles. The van der Waals surface area contributed by atoms with Crippen molar-refractivity contribution in [2.45, 2.75) is 19.9 Å². The van der Waals surface area contributed by atoms with Crippen molar-refractivity contribution < 1.29 is 14.3 Å². The number of carbonyl (C=O) groups excluding carboxylic acids is 2. The summed E-state index contributed by atoms with van der Waals surface area (Å²) in [5, 5.41) is 7.88. The van der Waals surface area contributed by atoms with Crippen molar-refractivity contribution in [1.29, 1.82) is 0 Å². The molecular formula is C20H16Cl3N3O4. The fourth-order valence-corrected chi connectivity index (χ4v) is 3.66. The van der Waals surface area contributed by atoms with E-state index in [1.54, 1.807) is 38.1 Å². The Morgan fingerprint density at radius 3 is 2.30 bits per heavy atom. The molecule has 1 amide bonds. The number of hydrogen-bond acceptors (Lipinski definition) is 5. The predicted octanol–water partition coefficient (Wildman–Crippen LogP) is 4.73. The first kappa shape index (κ1) is 22.1. The fraction of sp³-hybridized carbons (Fsp3) is 0.200. The molecule has 3 aromatic rings. The number of nitrogens with zero attached hydrogens (tertiary/aromatic N) is 2. The maximum Gasteiger partial charge on any atom is 0.359 e. The zero-order chi connectivity index (χ0) is 22.0. The highest BCUT2D eigenvalue weighted by molar-refractivity contribution is 6.42. The molecule has 0 unspecified atom stereocenters. The number of hydrogen-bond donors (Lipinski definition) is 1. The minimum Gasteiger partial charge on any atom is -0.451 e. The van der Waals surface area contributed by atoms with Crippen LogP contribution in [0.1, 0.15) is 30.4 Å². The summed E-state index contributed by atoms with van der Waals surface area (Å²) in [6.45, 7) is 2.93. The number of anilines is 1. The Kier molecular flexibility index (Phi) is 6.65. The summed E-state index contributed by atoms with van der Waals surface area (Å²) in [6, 6.07) is 9.13. The standard InChI is InChI=1S/C20H16Cl3N3O4/c1-10(2)26-19(28)13-6-4-3-5-12(13)17(25-26)20(29)30-9-16(27)24-18-14(22)7-11(21)8-15(18)23/h3-8,10H,9H2,1-2H3,(H,24,27). The SMILES string of the molecule is CC(C)n1nc(C(=O)OCC(=O)Nc2c(Cl)cc(Cl)cc2Cl)c2ccccc2c1=O. The Hall–Kier alpha value is -2.61. The fourth-order valence-electron chi connectivity index (χ4n) is 2.74. The van der Waals surface area contributed by atoms with Gasteiger partial charge in [-0.3, -0.25) is 9.59 Å². The van der Waals surface area contributed by atoms with Crippen LogP contribution in [-0.4, -0.2) is 28.3 Å². The molecule has 3 rings (SSSR count). The second-order valence-corrected chi connectivity index (χ2v) is 7.86. The minimum atomic E-state index is -0.843. The molecule has 0 radical (unpaired) electrons. The summed E-state index contributed by atoms with van der Waals surface area (Å²) >= 11 is 17.9. The van der Waals surface area contributed by atoms with Crippen LogP contribution in [0.25, 0.3) is 10.8 Å². The molecule has 0 aliphatic rings. The van der Waals surface area contributed by atoms with Gasteiger partial charge in [-0.05, 0) is 32.0 Å². The summed E-state index contributed by atoms with van der Waals surface area (Å²) < 4.78 is 6.31. The summed E-state index contributed by atoms with van der Waals surface area (Å²) in [6.07, 6.45) is 0. The van der Waals surface area contributed by atoms with Crippen molar-refractivity contribution in [3.63, 3.8) is 0 Å². The molecule has 0 saturated heterocycles.